The Morgan fingerprint density at radius 3 is 2.29 bits per heavy atom. The highest BCUT2D eigenvalue weighted by atomic mass is 35.5. The monoisotopic (exact) mass is 491 g/mol. The molecular formula is C28H23ClFNO2S. The zero-order chi connectivity index (χ0) is 23.7. The van der Waals surface area contributed by atoms with Crippen molar-refractivity contribution in [2.75, 3.05) is 5.32 Å². The average Bonchev–Trinajstić information content (AvgIpc) is 3.62. The van der Waals surface area contributed by atoms with Crippen LogP contribution in [-0.2, 0) is 4.74 Å². The standard InChI is InChI=1S/C28H23ClFNO2S/c1-17(23-3-2-4-24(30)15-23)33-28(32)31-25-16-26(29)34-27(25)22-13-11-21(12-14-22)20-9-7-19(8-10-20)18-5-6-18/h2-4,7-18H,5-6H2,1H3,(H,31,32)/t17-/m1/s1. The molecule has 0 radical (unpaired) electrons. The second-order valence-electron chi connectivity index (χ2n) is 8.49. The van der Waals surface area contributed by atoms with Crippen LogP contribution in [0.4, 0.5) is 14.9 Å². The van der Waals surface area contributed by atoms with Gasteiger partial charge in [-0.2, -0.15) is 0 Å². The number of hydrogen-bond acceptors (Lipinski definition) is 3. The van der Waals surface area contributed by atoms with Gasteiger partial charge in [-0.1, -0.05) is 72.3 Å². The van der Waals surface area contributed by atoms with E-state index in [2.05, 4.69) is 41.7 Å². The number of halogens is 2. The first-order chi connectivity index (χ1) is 16.5. The van der Waals surface area contributed by atoms with Crippen LogP contribution in [0.2, 0.25) is 4.34 Å². The average molecular weight is 492 g/mol. The van der Waals surface area contributed by atoms with Crippen LogP contribution in [0.1, 0.15) is 42.9 Å². The van der Waals surface area contributed by atoms with E-state index in [9.17, 15) is 9.18 Å². The number of nitrogens with one attached hydrogen (secondary N) is 1. The maximum Gasteiger partial charge on any atom is 0.412 e. The number of anilines is 1. The molecule has 172 valence electrons. The fourth-order valence-corrected chi connectivity index (χ4v) is 5.16. The summed E-state index contributed by atoms with van der Waals surface area (Å²) in [7, 11) is 0. The summed E-state index contributed by atoms with van der Waals surface area (Å²) in [6.07, 6.45) is 1.37. The molecule has 1 heterocycles. The normalized spacial score (nSPS) is 14.0. The maximum atomic E-state index is 13.5. The van der Waals surface area contributed by atoms with Crippen LogP contribution < -0.4 is 5.32 Å². The first kappa shape index (κ1) is 22.6. The van der Waals surface area contributed by atoms with Gasteiger partial charge in [0.25, 0.3) is 0 Å². The van der Waals surface area contributed by atoms with Crippen LogP contribution in [-0.4, -0.2) is 6.09 Å². The number of amides is 1. The maximum absolute atomic E-state index is 13.5. The SMILES string of the molecule is C[C@@H](OC(=O)Nc1cc(Cl)sc1-c1ccc(-c2ccc(C3CC3)cc2)cc1)c1cccc(F)c1. The first-order valence-electron chi connectivity index (χ1n) is 11.2. The second kappa shape index (κ2) is 9.61. The Labute approximate surface area is 207 Å². The van der Waals surface area contributed by atoms with Crippen molar-refractivity contribution in [3.8, 4) is 21.6 Å². The minimum Gasteiger partial charge on any atom is -0.441 e. The molecule has 4 aromatic rings. The van der Waals surface area contributed by atoms with Crippen molar-refractivity contribution in [3.63, 3.8) is 0 Å². The van der Waals surface area contributed by atoms with E-state index in [0.717, 1.165) is 21.9 Å². The van der Waals surface area contributed by atoms with E-state index >= 15 is 0 Å². The van der Waals surface area contributed by atoms with Crippen LogP contribution in [0.3, 0.4) is 0 Å². The lowest BCUT2D eigenvalue weighted by atomic mass is 10.0. The summed E-state index contributed by atoms with van der Waals surface area (Å²) in [6, 6.07) is 24.7. The molecule has 1 aromatic heterocycles. The number of ether oxygens (including phenoxy) is 1. The summed E-state index contributed by atoms with van der Waals surface area (Å²) in [5.41, 5.74) is 5.83. The molecule has 0 saturated heterocycles. The summed E-state index contributed by atoms with van der Waals surface area (Å²) >= 11 is 7.66. The zero-order valence-electron chi connectivity index (χ0n) is 18.6. The van der Waals surface area contributed by atoms with E-state index in [0.29, 0.717) is 15.6 Å². The molecule has 34 heavy (non-hydrogen) atoms. The van der Waals surface area contributed by atoms with E-state index in [-0.39, 0.29) is 5.82 Å². The quantitative estimate of drug-likeness (QED) is 0.292. The Bertz CT molecular complexity index is 1310. The molecule has 3 nitrogen and oxygen atoms in total. The van der Waals surface area contributed by atoms with Crippen molar-refractivity contribution in [1.82, 2.24) is 0 Å². The fourth-order valence-electron chi connectivity index (χ4n) is 3.97. The molecule has 5 rings (SSSR count). The number of hydrogen-bond donors (Lipinski definition) is 1. The molecule has 3 aromatic carbocycles. The Morgan fingerprint density at radius 2 is 1.65 bits per heavy atom. The van der Waals surface area contributed by atoms with Crippen LogP contribution >= 0.6 is 22.9 Å². The van der Waals surface area contributed by atoms with E-state index in [4.69, 9.17) is 16.3 Å². The molecule has 1 atom stereocenters. The molecule has 1 amide bonds. The molecule has 1 saturated carbocycles. The number of carbonyl (C=O) groups is 1. The summed E-state index contributed by atoms with van der Waals surface area (Å²) in [5.74, 6) is 0.372. The van der Waals surface area contributed by atoms with E-state index in [1.165, 1.54) is 47.4 Å². The van der Waals surface area contributed by atoms with E-state index in [1.807, 2.05) is 12.1 Å². The third-order valence-corrected chi connectivity index (χ3v) is 7.29. The van der Waals surface area contributed by atoms with Crippen molar-refractivity contribution in [2.24, 2.45) is 0 Å². The van der Waals surface area contributed by atoms with Gasteiger partial charge in [0.05, 0.1) is 14.9 Å². The molecule has 0 aliphatic heterocycles. The Balaban J connectivity index is 1.29. The van der Waals surface area contributed by atoms with Gasteiger partial charge in [0, 0.05) is 0 Å². The molecule has 0 spiro atoms. The Kier molecular flexibility index (Phi) is 6.40. The summed E-state index contributed by atoms with van der Waals surface area (Å²) < 4.78 is 19.5. The topological polar surface area (TPSA) is 38.3 Å². The van der Waals surface area contributed by atoms with Crippen LogP contribution in [0.5, 0.6) is 0 Å². The first-order valence-corrected chi connectivity index (χ1v) is 12.4. The van der Waals surface area contributed by atoms with Gasteiger partial charge in [0.15, 0.2) is 0 Å². The molecule has 0 bridgehead atoms. The second-order valence-corrected chi connectivity index (χ2v) is 10.2. The van der Waals surface area contributed by atoms with Crippen LogP contribution in [0.25, 0.3) is 21.6 Å². The molecule has 1 aliphatic carbocycles. The van der Waals surface area contributed by atoms with Crippen molar-refractivity contribution >= 4 is 34.7 Å². The third-order valence-electron chi connectivity index (χ3n) is 5.98. The summed E-state index contributed by atoms with van der Waals surface area (Å²) in [6.45, 7) is 1.70. The molecule has 1 aliphatic rings. The Hall–Kier alpha value is -3.15. The van der Waals surface area contributed by atoms with Crippen molar-refractivity contribution in [1.29, 1.82) is 0 Å². The van der Waals surface area contributed by atoms with Gasteiger partial charge >= 0.3 is 6.09 Å². The van der Waals surface area contributed by atoms with Crippen LogP contribution in [0, 0.1) is 5.82 Å². The van der Waals surface area contributed by atoms with E-state index in [1.54, 1.807) is 25.1 Å². The molecular weight excluding hydrogens is 469 g/mol. The molecule has 1 N–H and O–H groups in total. The third kappa shape index (κ3) is 5.16. The number of thiophene rings is 1. The molecule has 0 unspecified atom stereocenters. The van der Waals surface area contributed by atoms with Gasteiger partial charge in [0.1, 0.15) is 11.9 Å². The van der Waals surface area contributed by atoms with Gasteiger partial charge in [-0.3, -0.25) is 5.32 Å². The highest BCUT2D eigenvalue weighted by molar-refractivity contribution is 7.20. The van der Waals surface area contributed by atoms with E-state index < -0.39 is 12.2 Å². The minimum absolute atomic E-state index is 0.373. The highest BCUT2D eigenvalue weighted by Gasteiger charge is 2.23. The zero-order valence-corrected chi connectivity index (χ0v) is 20.1. The Morgan fingerprint density at radius 1 is 1.00 bits per heavy atom. The van der Waals surface area contributed by atoms with Gasteiger partial charge in [0.2, 0.25) is 0 Å². The summed E-state index contributed by atoms with van der Waals surface area (Å²) in [5, 5.41) is 2.79. The highest BCUT2D eigenvalue weighted by Crippen LogP contribution is 2.41. The van der Waals surface area contributed by atoms with Crippen molar-refractivity contribution < 1.29 is 13.9 Å². The lowest BCUT2D eigenvalue weighted by Gasteiger charge is -2.14. The predicted molar refractivity (Wildman–Crippen MR) is 137 cm³/mol. The van der Waals surface area contributed by atoms with Crippen LogP contribution in [0.15, 0.2) is 78.9 Å². The van der Waals surface area contributed by atoms with Gasteiger partial charge in [-0.15, -0.1) is 11.3 Å². The smallest absolute Gasteiger partial charge is 0.412 e. The lowest BCUT2D eigenvalue weighted by molar-refractivity contribution is 0.121. The van der Waals surface area contributed by atoms with Crippen molar-refractivity contribution in [3.05, 3.63) is 100 Å². The number of rotatable bonds is 6. The van der Waals surface area contributed by atoms with Crippen molar-refractivity contribution in [2.45, 2.75) is 31.8 Å². The van der Waals surface area contributed by atoms with Gasteiger partial charge < -0.3 is 4.74 Å². The lowest BCUT2D eigenvalue weighted by Crippen LogP contribution is -2.16. The largest absolute Gasteiger partial charge is 0.441 e. The van der Waals surface area contributed by atoms with Gasteiger partial charge in [-0.25, -0.2) is 9.18 Å². The molecule has 6 heteroatoms. The molecule has 1 fully saturated rings. The van der Waals surface area contributed by atoms with Gasteiger partial charge in [-0.05, 0) is 71.7 Å². The minimum atomic E-state index is -0.625. The predicted octanol–water partition coefficient (Wildman–Crippen LogP) is 9.06. The number of carbonyl (C=O) groups excluding carboxylic acids is 1. The fraction of sp³-hybridized carbons (Fsp3) is 0.179. The number of benzene rings is 3. The summed E-state index contributed by atoms with van der Waals surface area (Å²) in [4.78, 5) is 13.4.